The van der Waals surface area contributed by atoms with Gasteiger partial charge in [0.05, 0.1) is 15.5 Å². The van der Waals surface area contributed by atoms with Crippen LogP contribution in [0.4, 0.5) is 14.5 Å². The van der Waals surface area contributed by atoms with Gasteiger partial charge in [0.25, 0.3) is 0 Å². The Balaban J connectivity index is 2.21. The number of hydrogen-bond donors (Lipinski definition) is 1. The average Bonchev–Trinajstić information content (AvgIpc) is 2.60. The molecule has 142 valence electrons. The van der Waals surface area contributed by atoms with E-state index in [1.807, 2.05) is 0 Å². The van der Waals surface area contributed by atoms with Gasteiger partial charge in [-0.2, -0.15) is 8.78 Å². The molecule has 0 bridgehead atoms. The maximum atomic E-state index is 12.8. The first-order valence-electron chi connectivity index (χ1n) is 7.43. The van der Waals surface area contributed by atoms with Crippen molar-refractivity contribution in [2.45, 2.75) is 22.1 Å². The number of hydrogen-bond acceptors (Lipinski definition) is 5. The molecule has 6 nitrogen and oxygen atoms in total. The van der Waals surface area contributed by atoms with Crippen LogP contribution < -0.4 is 5.32 Å². The topological polar surface area (TPSA) is 83.6 Å². The molecule has 1 N–H and O–H groups in total. The van der Waals surface area contributed by atoms with Gasteiger partial charge in [-0.1, -0.05) is 24.3 Å². The number of sulfone groups is 1. The average molecular weight is 404 g/mol. The van der Waals surface area contributed by atoms with Crippen molar-refractivity contribution >= 4 is 25.5 Å². The smallest absolute Gasteiger partial charge is 0.341 e. The Kier molecular flexibility index (Phi) is 5.99. The van der Waals surface area contributed by atoms with Gasteiger partial charge in [-0.15, -0.1) is 0 Å². The molecule has 2 aromatic rings. The molecule has 0 spiro atoms. The zero-order chi connectivity index (χ0) is 19.5. The van der Waals surface area contributed by atoms with Gasteiger partial charge in [0.15, 0.2) is 0 Å². The highest BCUT2D eigenvalue weighted by molar-refractivity contribution is 7.91. The summed E-state index contributed by atoms with van der Waals surface area (Å²) in [6.07, 6.45) is 0. The molecule has 2 aromatic carbocycles. The summed E-state index contributed by atoms with van der Waals surface area (Å²) in [5.74, 6) is -3.51. The van der Waals surface area contributed by atoms with E-state index in [1.54, 1.807) is 12.1 Å². The number of benzene rings is 2. The molecular weight excluding hydrogens is 386 g/mol. The molecule has 10 heteroatoms. The molecule has 0 unspecified atom stereocenters. The largest absolute Gasteiger partial charge is 0.380 e. The van der Waals surface area contributed by atoms with Crippen LogP contribution in [-0.4, -0.2) is 41.0 Å². The second-order valence-electron chi connectivity index (χ2n) is 5.59. The zero-order valence-corrected chi connectivity index (χ0v) is 15.7. The number of sulfonamides is 1. The lowest BCUT2D eigenvalue weighted by Gasteiger charge is -2.13. The van der Waals surface area contributed by atoms with Gasteiger partial charge in [-0.3, -0.25) is 0 Å². The lowest BCUT2D eigenvalue weighted by molar-refractivity contribution is 0.235. The molecule has 0 aliphatic rings. The molecule has 0 aliphatic carbocycles. The van der Waals surface area contributed by atoms with Crippen LogP contribution in [0.2, 0.25) is 0 Å². The molecule has 2 rings (SSSR count). The molecule has 0 amide bonds. The van der Waals surface area contributed by atoms with Crippen molar-refractivity contribution in [2.24, 2.45) is 0 Å². The number of halogens is 2. The predicted molar refractivity (Wildman–Crippen MR) is 94.3 cm³/mol. The minimum absolute atomic E-state index is 0.0535. The number of nitrogens with zero attached hydrogens (tertiary/aromatic N) is 1. The Bertz CT molecular complexity index is 974. The van der Waals surface area contributed by atoms with Gasteiger partial charge >= 0.3 is 5.76 Å². The first-order chi connectivity index (χ1) is 12.1. The van der Waals surface area contributed by atoms with E-state index < -0.39 is 30.5 Å². The van der Waals surface area contributed by atoms with E-state index in [0.29, 0.717) is 5.56 Å². The van der Waals surface area contributed by atoms with E-state index in [9.17, 15) is 25.6 Å². The fourth-order valence-corrected chi connectivity index (χ4v) is 3.95. The minimum Gasteiger partial charge on any atom is -0.380 e. The van der Waals surface area contributed by atoms with Crippen molar-refractivity contribution in [1.82, 2.24) is 4.31 Å². The first-order valence-corrected chi connectivity index (χ1v) is 10.4. The highest BCUT2D eigenvalue weighted by Crippen LogP contribution is 2.26. The SMILES string of the molecule is CN(C)S(=O)(=O)c1ccc(CNc2ccccc2S(=O)(=O)C(F)F)cc1. The molecule has 0 aliphatic heterocycles. The van der Waals surface area contributed by atoms with Crippen LogP contribution in [0.1, 0.15) is 5.56 Å². The van der Waals surface area contributed by atoms with Crippen LogP contribution in [0.15, 0.2) is 58.3 Å². The van der Waals surface area contributed by atoms with E-state index in [0.717, 1.165) is 10.4 Å². The Morgan fingerprint density at radius 3 is 2.08 bits per heavy atom. The van der Waals surface area contributed by atoms with Crippen molar-refractivity contribution in [3.63, 3.8) is 0 Å². The van der Waals surface area contributed by atoms with E-state index in [-0.39, 0.29) is 17.1 Å². The normalized spacial score (nSPS) is 12.5. The first kappa shape index (κ1) is 20.3. The Hall–Kier alpha value is -2.04. The lowest BCUT2D eigenvalue weighted by Crippen LogP contribution is -2.22. The second-order valence-corrected chi connectivity index (χ2v) is 9.62. The van der Waals surface area contributed by atoms with Crippen LogP contribution in [0, 0.1) is 0 Å². The minimum atomic E-state index is -4.73. The molecule has 0 radical (unpaired) electrons. The molecule has 0 saturated carbocycles. The Labute approximate surface area is 151 Å². The lowest BCUT2D eigenvalue weighted by atomic mass is 10.2. The number of alkyl halides is 2. The monoisotopic (exact) mass is 404 g/mol. The van der Waals surface area contributed by atoms with Gasteiger partial charge < -0.3 is 5.32 Å². The summed E-state index contributed by atoms with van der Waals surface area (Å²) in [5.41, 5.74) is 0.713. The van der Waals surface area contributed by atoms with Gasteiger partial charge in [-0.25, -0.2) is 21.1 Å². The van der Waals surface area contributed by atoms with Gasteiger partial charge in [0.2, 0.25) is 19.9 Å². The predicted octanol–water partition coefficient (Wildman–Crippen LogP) is 2.55. The number of rotatable bonds is 7. The second kappa shape index (κ2) is 7.68. The van der Waals surface area contributed by atoms with Crippen LogP contribution in [0.3, 0.4) is 0 Å². The molecule has 0 saturated heterocycles. The maximum absolute atomic E-state index is 12.8. The van der Waals surface area contributed by atoms with E-state index in [4.69, 9.17) is 0 Å². The van der Waals surface area contributed by atoms with Crippen molar-refractivity contribution in [3.05, 3.63) is 54.1 Å². The third-order valence-corrected chi connectivity index (χ3v) is 6.88. The fourth-order valence-electron chi connectivity index (χ4n) is 2.14. The van der Waals surface area contributed by atoms with Crippen molar-refractivity contribution < 1.29 is 25.6 Å². The summed E-state index contributed by atoms with van der Waals surface area (Å²) in [7, 11) is -5.43. The molecular formula is C16H18F2N2O4S2. The molecule has 0 atom stereocenters. The van der Waals surface area contributed by atoms with Crippen LogP contribution in [-0.2, 0) is 26.4 Å². The van der Waals surface area contributed by atoms with E-state index in [2.05, 4.69) is 5.32 Å². The Morgan fingerprint density at radius 1 is 0.962 bits per heavy atom. The summed E-state index contributed by atoms with van der Waals surface area (Å²) >= 11 is 0. The molecule has 0 heterocycles. The molecule has 0 fully saturated rings. The maximum Gasteiger partial charge on any atom is 0.341 e. The number of anilines is 1. The van der Waals surface area contributed by atoms with Gasteiger partial charge in [0, 0.05) is 20.6 Å². The fraction of sp³-hybridized carbons (Fsp3) is 0.250. The summed E-state index contributed by atoms with van der Waals surface area (Å²) in [6.45, 7) is 0.137. The number of nitrogens with one attached hydrogen (secondary N) is 1. The summed E-state index contributed by atoms with van der Waals surface area (Å²) in [5, 5.41) is 2.80. The summed E-state index contributed by atoms with van der Waals surface area (Å²) < 4.78 is 74.1. The zero-order valence-electron chi connectivity index (χ0n) is 14.1. The van der Waals surface area contributed by atoms with Gasteiger partial charge in [-0.05, 0) is 29.8 Å². The van der Waals surface area contributed by atoms with Crippen molar-refractivity contribution in [1.29, 1.82) is 0 Å². The van der Waals surface area contributed by atoms with Gasteiger partial charge in [0.1, 0.15) is 0 Å². The van der Waals surface area contributed by atoms with Crippen LogP contribution in [0.25, 0.3) is 0 Å². The Morgan fingerprint density at radius 2 is 1.54 bits per heavy atom. The summed E-state index contributed by atoms with van der Waals surface area (Å²) in [4.78, 5) is -0.367. The van der Waals surface area contributed by atoms with E-state index in [1.165, 1.54) is 44.4 Å². The third kappa shape index (κ3) is 4.19. The quantitative estimate of drug-likeness (QED) is 0.767. The van der Waals surface area contributed by atoms with E-state index >= 15 is 0 Å². The van der Waals surface area contributed by atoms with Crippen LogP contribution >= 0.6 is 0 Å². The van der Waals surface area contributed by atoms with Crippen LogP contribution in [0.5, 0.6) is 0 Å². The van der Waals surface area contributed by atoms with Crippen molar-refractivity contribution in [3.8, 4) is 0 Å². The highest BCUT2D eigenvalue weighted by atomic mass is 32.2. The third-order valence-electron chi connectivity index (χ3n) is 3.61. The molecule has 26 heavy (non-hydrogen) atoms. The molecule has 0 aromatic heterocycles. The highest BCUT2D eigenvalue weighted by Gasteiger charge is 2.28. The number of para-hydroxylation sites is 1. The summed E-state index contributed by atoms with van der Waals surface area (Å²) in [6, 6.07) is 11.4. The standard InChI is InChI=1S/C16H18F2N2O4S2/c1-20(2)26(23,24)13-9-7-12(8-10-13)11-19-14-5-3-4-6-15(14)25(21,22)16(17)18/h3-10,16,19H,11H2,1-2H3. The van der Waals surface area contributed by atoms with Crippen molar-refractivity contribution in [2.75, 3.05) is 19.4 Å².